The molecule has 5 rings (SSSR count). The molecule has 1 aliphatic carbocycles. The van der Waals surface area contributed by atoms with Gasteiger partial charge >= 0.3 is 0 Å². The number of ether oxygens (including phenoxy) is 2. The zero-order valence-electron chi connectivity index (χ0n) is 25.7. The summed E-state index contributed by atoms with van der Waals surface area (Å²) in [6, 6.07) is 18.9. The second-order valence-corrected chi connectivity index (χ2v) is 12.2. The lowest BCUT2D eigenvalue weighted by molar-refractivity contribution is -0.123. The van der Waals surface area contributed by atoms with Crippen LogP contribution in [0.15, 0.2) is 79.1 Å². The van der Waals surface area contributed by atoms with Gasteiger partial charge in [-0.15, -0.1) is 0 Å². The van der Waals surface area contributed by atoms with Crippen molar-refractivity contribution >= 4 is 5.78 Å². The van der Waals surface area contributed by atoms with E-state index in [1.807, 2.05) is 30.6 Å². The molecule has 8 heteroatoms. The highest BCUT2D eigenvalue weighted by Crippen LogP contribution is 2.34. The molecule has 0 amide bonds. The summed E-state index contributed by atoms with van der Waals surface area (Å²) in [6.07, 6.45) is 9.48. The summed E-state index contributed by atoms with van der Waals surface area (Å²) in [6.45, 7) is 0. The van der Waals surface area contributed by atoms with E-state index in [0.29, 0.717) is 36.3 Å². The van der Waals surface area contributed by atoms with Gasteiger partial charge in [-0.05, 0) is 116 Å². The summed E-state index contributed by atoms with van der Waals surface area (Å²) in [5.41, 5.74) is 3.35. The molecule has 1 heterocycles. The first-order valence-corrected chi connectivity index (χ1v) is 15.7. The number of hydrogen-bond acceptors (Lipinski definition) is 7. The molecule has 0 aliphatic heterocycles. The Balaban J connectivity index is 1.37. The molecule has 3 atom stereocenters. The van der Waals surface area contributed by atoms with Crippen molar-refractivity contribution in [3.05, 3.63) is 101 Å². The summed E-state index contributed by atoms with van der Waals surface area (Å²) in [7, 11) is 1.47. The monoisotopic (exact) mass is 613 g/mol. The molecule has 5 N–H and O–H groups in total. The summed E-state index contributed by atoms with van der Waals surface area (Å²) < 4.78 is 11.5. The Kier molecular flexibility index (Phi) is 10.7. The molecule has 0 bridgehead atoms. The number of phenolic OH excluding ortho intramolecular Hbond substituents is 3. The smallest absolute Gasteiger partial charge is 0.161 e. The number of aliphatic hydroxyl groups is 1. The van der Waals surface area contributed by atoms with Gasteiger partial charge in [0.1, 0.15) is 11.5 Å². The van der Waals surface area contributed by atoms with E-state index in [9.17, 15) is 25.2 Å². The minimum absolute atomic E-state index is 0.00559. The number of carbonyl (C=O) groups is 1. The Morgan fingerprint density at radius 3 is 2.22 bits per heavy atom. The Hall–Kier alpha value is -4.43. The van der Waals surface area contributed by atoms with Crippen LogP contribution in [0.4, 0.5) is 0 Å². The van der Waals surface area contributed by atoms with Crippen LogP contribution in [0.5, 0.6) is 28.7 Å². The van der Waals surface area contributed by atoms with Gasteiger partial charge in [0, 0.05) is 24.7 Å². The Morgan fingerprint density at radius 2 is 1.53 bits per heavy atom. The first-order valence-electron chi connectivity index (χ1n) is 15.7. The first kappa shape index (κ1) is 32.0. The van der Waals surface area contributed by atoms with Crippen molar-refractivity contribution in [2.24, 2.45) is 5.92 Å². The molecule has 1 saturated carbocycles. The van der Waals surface area contributed by atoms with Crippen molar-refractivity contribution in [2.45, 2.75) is 75.9 Å². The number of methoxy groups -OCH3 is 1. The van der Waals surface area contributed by atoms with Gasteiger partial charge in [0.2, 0.25) is 0 Å². The van der Waals surface area contributed by atoms with Gasteiger partial charge in [0.05, 0.1) is 19.3 Å². The fraction of sp³-hybridized carbons (Fsp3) is 0.378. The average molecular weight is 614 g/mol. The Labute approximate surface area is 264 Å². The van der Waals surface area contributed by atoms with Crippen LogP contribution in [0.25, 0.3) is 0 Å². The number of H-pyrrole nitrogens is 1. The number of benzene rings is 3. The number of aromatic nitrogens is 1. The van der Waals surface area contributed by atoms with Crippen molar-refractivity contribution in [1.29, 1.82) is 0 Å². The summed E-state index contributed by atoms with van der Waals surface area (Å²) >= 11 is 0. The van der Waals surface area contributed by atoms with Crippen molar-refractivity contribution in [3.8, 4) is 28.7 Å². The second-order valence-electron chi connectivity index (χ2n) is 12.2. The van der Waals surface area contributed by atoms with Crippen LogP contribution in [0.2, 0.25) is 0 Å². The van der Waals surface area contributed by atoms with E-state index in [1.165, 1.54) is 19.6 Å². The molecule has 0 unspecified atom stereocenters. The van der Waals surface area contributed by atoms with Gasteiger partial charge in [-0.1, -0.05) is 30.7 Å². The van der Waals surface area contributed by atoms with Gasteiger partial charge in [-0.2, -0.15) is 0 Å². The molecule has 8 nitrogen and oxygen atoms in total. The van der Waals surface area contributed by atoms with Crippen LogP contribution < -0.4 is 9.47 Å². The van der Waals surface area contributed by atoms with Gasteiger partial charge in [-0.25, -0.2) is 0 Å². The number of nitrogens with one attached hydrogen (secondary N) is 1. The van der Waals surface area contributed by atoms with E-state index in [1.54, 1.807) is 42.5 Å². The number of ketones is 1. The van der Waals surface area contributed by atoms with E-state index in [0.717, 1.165) is 42.4 Å². The number of phenols is 3. The van der Waals surface area contributed by atoms with Crippen molar-refractivity contribution in [1.82, 2.24) is 4.98 Å². The molecule has 0 radical (unpaired) electrons. The third kappa shape index (κ3) is 8.60. The van der Waals surface area contributed by atoms with E-state index < -0.39 is 12.0 Å². The lowest BCUT2D eigenvalue weighted by atomic mass is 9.81. The summed E-state index contributed by atoms with van der Waals surface area (Å²) in [4.78, 5) is 17.1. The van der Waals surface area contributed by atoms with E-state index in [2.05, 4.69) is 4.98 Å². The molecular weight excluding hydrogens is 570 g/mol. The Morgan fingerprint density at radius 1 is 0.844 bits per heavy atom. The minimum atomic E-state index is -0.960. The maximum absolute atomic E-state index is 14.0. The first-order chi connectivity index (χ1) is 21.8. The largest absolute Gasteiger partial charge is 0.508 e. The maximum atomic E-state index is 14.0. The predicted molar refractivity (Wildman–Crippen MR) is 172 cm³/mol. The Bertz CT molecular complexity index is 1540. The molecular formula is C37H43NO7. The van der Waals surface area contributed by atoms with Crippen molar-refractivity contribution in [3.63, 3.8) is 0 Å². The highest BCUT2D eigenvalue weighted by molar-refractivity contribution is 5.86. The number of hydrogen-bond donors (Lipinski definition) is 5. The van der Waals surface area contributed by atoms with E-state index in [-0.39, 0.29) is 41.5 Å². The van der Waals surface area contributed by atoms with E-state index in [4.69, 9.17) is 9.47 Å². The van der Waals surface area contributed by atoms with Crippen LogP contribution in [0.1, 0.15) is 66.7 Å². The third-order valence-corrected chi connectivity index (χ3v) is 8.83. The van der Waals surface area contributed by atoms with Crippen LogP contribution in [0, 0.1) is 5.92 Å². The number of aromatic amines is 1. The van der Waals surface area contributed by atoms with Crippen LogP contribution in [-0.2, 0) is 24.1 Å². The average Bonchev–Trinajstić information content (AvgIpc) is 3.55. The van der Waals surface area contributed by atoms with Gasteiger partial charge < -0.3 is 34.9 Å². The quantitative estimate of drug-likeness (QED) is 0.108. The second kappa shape index (κ2) is 15.0. The predicted octanol–water partition coefficient (Wildman–Crippen LogP) is 6.60. The lowest BCUT2D eigenvalue weighted by Gasteiger charge is -2.26. The standard InChI is InChI=1S/C37H43NO7/c1-44-36-19-25(11-12-32(36)40)18-31(27-6-5-7-29(39)21-27)35(43)22-34(42)28(17-26-14-15-38-23-26)16-24-10-13-33(41)37(20-24)45-30-8-3-2-4-9-30/h5-7,10-15,19-21,23,28,30-31,34,38-42H,2-4,8-9,16-18,22H2,1H3/t28-,31-,34+/m0/s1. The number of carbonyl (C=O) groups excluding carboxylic acids is 1. The molecule has 1 fully saturated rings. The van der Waals surface area contributed by atoms with Crippen molar-refractivity contribution < 1.29 is 34.7 Å². The lowest BCUT2D eigenvalue weighted by Crippen LogP contribution is -2.30. The van der Waals surface area contributed by atoms with Crippen LogP contribution >= 0.6 is 0 Å². The molecule has 1 aliphatic rings. The molecule has 4 aromatic rings. The highest BCUT2D eigenvalue weighted by atomic mass is 16.5. The third-order valence-electron chi connectivity index (χ3n) is 8.83. The zero-order chi connectivity index (χ0) is 31.8. The normalized spacial score (nSPS) is 15.7. The molecule has 0 spiro atoms. The molecule has 1 aromatic heterocycles. The highest BCUT2D eigenvalue weighted by Gasteiger charge is 2.29. The molecule has 0 saturated heterocycles. The minimum Gasteiger partial charge on any atom is -0.508 e. The number of Topliss-reactive ketones (excluding diaryl/α,β-unsaturated/α-hetero) is 1. The van der Waals surface area contributed by atoms with Crippen LogP contribution in [0.3, 0.4) is 0 Å². The maximum Gasteiger partial charge on any atom is 0.161 e. The molecule has 238 valence electrons. The SMILES string of the molecule is COc1cc(C[C@H](C(=O)C[C@@H](O)[C@H](Cc2cc[nH]c2)Cc2ccc(O)c(OC3CCCCC3)c2)c2cccc(O)c2)ccc1O. The number of aromatic hydroxyl groups is 3. The molecule has 3 aromatic carbocycles. The number of aliphatic hydroxyl groups excluding tert-OH is 1. The fourth-order valence-electron chi connectivity index (χ4n) is 6.34. The van der Waals surface area contributed by atoms with Gasteiger partial charge in [-0.3, -0.25) is 4.79 Å². The summed E-state index contributed by atoms with van der Waals surface area (Å²) in [5, 5.41) is 42.5. The summed E-state index contributed by atoms with van der Waals surface area (Å²) in [5.74, 6) is -0.175. The topological polar surface area (TPSA) is 132 Å². The van der Waals surface area contributed by atoms with Gasteiger partial charge in [0.25, 0.3) is 0 Å². The zero-order valence-corrected chi connectivity index (χ0v) is 25.7. The molecule has 45 heavy (non-hydrogen) atoms. The fourth-order valence-corrected chi connectivity index (χ4v) is 6.34. The van der Waals surface area contributed by atoms with Gasteiger partial charge in [0.15, 0.2) is 23.0 Å². The van der Waals surface area contributed by atoms with E-state index >= 15 is 0 Å². The van der Waals surface area contributed by atoms with Crippen molar-refractivity contribution in [2.75, 3.05) is 7.11 Å². The van der Waals surface area contributed by atoms with Crippen LogP contribution in [-0.4, -0.2) is 50.5 Å². The number of rotatable bonds is 14.